The highest BCUT2D eigenvalue weighted by Crippen LogP contribution is 2.45. The third kappa shape index (κ3) is 2.89. The molecular formula is C17H19BrO. The van der Waals surface area contributed by atoms with Gasteiger partial charge in [0, 0.05) is 21.5 Å². The van der Waals surface area contributed by atoms with E-state index in [0.717, 1.165) is 21.2 Å². The Morgan fingerprint density at radius 3 is 2.26 bits per heavy atom. The molecule has 0 bridgehead atoms. The Labute approximate surface area is 123 Å². The Hall–Kier alpha value is -1.15. The fourth-order valence-electron chi connectivity index (χ4n) is 2.40. The second-order valence-corrected chi connectivity index (χ2v) is 6.97. The molecule has 0 radical (unpaired) electrons. The third-order valence-corrected chi connectivity index (χ3v) is 4.30. The van der Waals surface area contributed by atoms with Crippen LogP contribution in [0.15, 0.2) is 52.0 Å². The average Bonchev–Trinajstić information content (AvgIpc) is 2.54. The molecule has 0 saturated carbocycles. The fraction of sp³-hybridized carbons (Fsp3) is 0.353. The predicted octanol–water partition coefficient (Wildman–Crippen LogP) is 4.99. The van der Waals surface area contributed by atoms with Gasteiger partial charge in [-0.2, -0.15) is 0 Å². The largest absolute Gasteiger partial charge is 0.289 e. The van der Waals surface area contributed by atoms with Crippen molar-refractivity contribution in [2.45, 2.75) is 33.6 Å². The number of rotatable bonds is 1. The SMILES string of the molecule is CC1=C(Br)[C@@H](c2ccccc2)/C(=C/C(C)(C)C)C1=O. The summed E-state index contributed by atoms with van der Waals surface area (Å²) in [6, 6.07) is 10.2. The summed E-state index contributed by atoms with van der Waals surface area (Å²) in [6.45, 7) is 8.26. The van der Waals surface area contributed by atoms with E-state index in [0.29, 0.717) is 0 Å². The molecule has 1 aliphatic carbocycles. The monoisotopic (exact) mass is 318 g/mol. The molecule has 2 heteroatoms. The minimum absolute atomic E-state index is 0.00404. The molecule has 0 fully saturated rings. The highest BCUT2D eigenvalue weighted by molar-refractivity contribution is 9.11. The zero-order chi connectivity index (χ0) is 14.2. The van der Waals surface area contributed by atoms with Gasteiger partial charge >= 0.3 is 0 Å². The number of ketones is 1. The fourth-order valence-corrected chi connectivity index (χ4v) is 3.09. The molecule has 1 aromatic carbocycles. The number of Topliss-reactive ketones (excluding diaryl/α,β-unsaturated/α-hetero) is 1. The number of halogens is 1. The summed E-state index contributed by atoms with van der Waals surface area (Å²) in [4.78, 5) is 12.4. The second-order valence-electron chi connectivity index (χ2n) is 6.11. The quantitative estimate of drug-likeness (QED) is 0.666. The van der Waals surface area contributed by atoms with Crippen LogP contribution in [0.25, 0.3) is 0 Å². The lowest BCUT2D eigenvalue weighted by atomic mass is 9.86. The van der Waals surface area contributed by atoms with Crippen molar-refractivity contribution in [3.05, 3.63) is 57.6 Å². The first-order valence-electron chi connectivity index (χ1n) is 6.50. The molecule has 0 saturated heterocycles. The molecule has 1 nitrogen and oxygen atoms in total. The van der Waals surface area contributed by atoms with Crippen molar-refractivity contribution in [1.82, 2.24) is 0 Å². The van der Waals surface area contributed by atoms with E-state index in [-0.39, 0.29) is 17.1 Å². The summed E-state index contributed by atoms with van der Waals surface area (Å²) in [7, 11) is 0. The average molecular weight is 319 g/mol. The summed E-state index contributed by atoms with van der Waals surface area (Å²) < 4.78 is 0.999. The molecule has 100 valence electrons. The van der Waals surface area contributed by atoms with E-state index < -0.39 is 0 Å². The van der Waals surface area contributed by atoms with Crippen LogP contribution in [0.1, 0.15) is 39.2 Å². The van der Waals surface area contributed by atoms with Crippen LogP contribution in [0.4, 0.5) is 0 Å². The first-order chi connectivity index (χ1) is 8.81. The van der Waals surface area contributed by atoms with Gasteiger partial charge in [-0.3, -0.25) is 4.79 Å². The van der Waals surface area contributed by atoms with Gasteiger partial charge in [-0.25, -0.2) is 0 Å². The smallest absolute Gasteiger partial charge is 0.186 e. The van der Waals surface area contributed by atoms with Gasteiger partial charge in [0.05, 0.1) is 0 Å². The zero-order valence-corrected chi connectivity index (χ0v) is 13.4. The van der Waals surface area contributed by atoms with E-state index in [4.69, 9.17) is 0 Å². The van der Waals surface area contributed by atoms with Gasteiger partial charge in [0.1, 0.15) is 0 Å². The van der Waals surface area contributed by atoms with Gasteiger partial charge in [0.25, 0.3) is 0 Å². The molecule has 1 aromatic rings. The van der Waals surface area contributed by atoms with Crippen LogP contribution in [0, 0.1) is 5.41 Å². The number of carbonyl (C=O) groups is 1. The molecule has 0 heterocycles. The molecule has 0 N–H and O–H groups in total. The Kier molecular flexibility index (Phi) is 3.82. The lowest BCUT2D eigenvalue weighted by Crippen LogP contribution is -2.09. The van der Waals surface area contributed by atoms with Crippen molar-refractivity contribution in [3.63, 3.8) is 0 Å². The van der Waals surface area contributed by atoms with Crippen molar-refractivity contribution < 1.29 is 4.79 Å². The molecule has 2 rings (SSSR count). The highest BCUT2D eigenvalue weighted by atomic mass is 79.9. The van der Waals surface area contributed by atoms with E-state index >= 15 is 0 Å². The molecule has 0 aliphatic heterocycles. The maximum absolute atomic E-state index is 12.4. The Morgan fingerprint density at radius 1 is 1.16 bits per heavy atom. The Balaban J connectivity index is 2.55. The van der Waals surface area contributed by atoms with Crippen molar-refractivity contribution in [2.75, 3.05) is 0 Å². The Bertz CT molecular complexity index is 559. The van der Waals surface area contributed by atoms with E-state index in [1.54, 1.807) is 0 Å². The maximum atomic E-state index is 12.4. The molecule has 19 heavy (non-hydrogen) atoms. The van der Waals surface area contributed by atoms with Crippen molar-refractivity contribution in [3.8, 4) is 0 Å². The van der Waals surface area contributed by atoms with Gasteiger partial charge in [0.2, 0.25) is 0 Å². The minimum atomic E-state index is -0.00404. The van der Waals surface area contributed by atoms with Crippen LogP contribution in [-0.2, 0) is 4.79 Å². The summed E-state index contributed by atoms with van der Waals surface area (Å²) >= 11 is 3.61. The topological polar surface area (TPSA) is 17.1 Å². The molecule has 0 unspecified atom stereocenters. The van der Waals surface area contributed by atoms with E-state index in [1.165, 1.54) is 0 Å². The first-order valence-corrected chi connectivity index (χ1v) is 7.29. The number of hydrogen-bond donors (Lipinski definition) is 0. The second kappa shape index (κ2) is 5.09. The van der Waals surface area contributed by atoms with Gasteiger partial charge in [-0.15, -0.1) is 0 Å². The lowest BCUT2D eigenvalue weighted by molar-refractivity contribution is -0.112. The summed E-state index contributed by atoms with van der Waals surface area (Å²) in [5.41, 5.74) is 2.87. The molecule has 0 spiro atoms. The van der Waals surface area contributed by atoms with Crippen LogP contribution < -0.4 is 0 Å². The van der Waals surface area contributed by atoms with Crippen molar-refractivity contribution in [2.24, 2.45) is 5.41 Å². The molecule has 0 amide bonds. The third-order valence-electron chi connectivity index (χ3n) is 3.25. The van der Waals surface area contributed by atoms with Crippen LogP contribution in [-0.4, -0.2) is 5.78 Å². The Morgan fingerprint density at radius 2 is 1.74 bits per heavy atom. The van der Waals surface area contributed by atoms with Crippen molar-refractivity contribution in [1.29, 1.82) is 0 Å². The summed E-state index contributed by atoms with van der Waals surface area (Å²) in [5.74, 6) is 0.212. The normalized spacial score (nSPS) is 22.5. The summed E-state index contributed by atoms with van der Waals surface area (Å²) in [6.07, 6.45) is 2.10. The molecular weight excluding hydrogens is 300 g/mol. The zero-order valence-electron chi connectivity index (χ0n) is 11.8. The first kappa shape index (κ1) is 14.3. The minimum Gasteiger partial charge on any atom is -0.289 e. The predicted molar refractivity (Wildman–Crippen MR) is 83.4 cm³/mol. The van der Waals surface area contributed by atoms with Gasteiger partial charge in [-0.05, 0) is 17.9 Å². The summed E-state index contributed by atoms with van der Waals surface area (Å²) in [5, 5.41) is 0. The standard InChI is InChI=1S/C17H19BrO/c1-11-15(18)14(12-8-6-5-7-9-12)13(16(11)19)10-17(2,3)4/h5-10,14H,1-4H3/b13-10-/t14-/m0/s1. The molecule has 1 aliphatic rings. The van der Waals surface area contributed by atoms with E-state index in [9.17, 15) is 4.79 Å². The lowest BCUT2D eigenvalue weighted by Gasteiger charge is -2.18. The maximum Gasteiger partial charge on any atom is 0.186 e. The number of allylic oxidation sites excluding steroid dienone is 4. The van der Waals surface area contributed by atoms with Gasteiger partial charge in [0.15, 0.2) is 5.78 Å². The van der Waals surface area contributed by atoms with Crippen LogP contribution in [0.5, 0.6) is 0 Å². The van der Waals surface area contributed by atoms with E-state index in [2.05, 4.69) is 54.9 Å². The number of hydrogen-bond acceptors (Lipinski definition) is 1. The van der Waals surface area contributed by atoms with Crippen LogP contribution >= 0.6 is 15.9 Å². The highest BCUT2D eigenvalue weighted by Gasteiger charge is 2.35. The molecule has 0 aromatic heterocycles. The van der Waals surface area contributed by atoms with Crippen LogP contribution in [0.2, 0.25) is 0 Å². The van der Waals surface area contributed by atoms with Crippen LogP contribution in [0.3, 0.4) is 0 Å². The number of carbonyl (C=O) groups excluding carboxylic acids is 1. The molecule has 1 atom stereocenters. The van der Waals surface area contributed by atoms with E-state index in [1.807, 2.05) is 25.1 Å². The van der Waals surface area contributed by atoms with Gasteiger partial charge in [-0.1, -0.05) is 73.1 Å². The van der Waals surface area contributed by atoms with Gasteiger partial charge < -0.3 is 0 Å². The number of benzene rings is 1. The van der Waals surface area contributed by atoms with Crippen molar-refractivity contribution >= 4 is 21.7 Å².